The highest BCUT2D eigenvalue weighted by molar-refractivity contribution is 6.45. The zero-order chi connectivity index (χ0) is 24.9. The summed E-state index contributed by atoms with van der Waals surface area (Å²) in [4.78, 5) is 41.8. The summed E-state index contributed by atoms with van der Waals surface area (Å²) in [5.74, 6) is -0.543. The minimum absolute atomic E-state index is 0.105. The number of anilines is 2. The van der Waals surface area contributed by atoms with Crippen LogP contribution in [-0.4, -0.2) is 38.2 Å². The molecule has 4 aromatic rings. The van der Waals surface area contributed by atoms with Crippen molar-refractivity contribution in [3.63, 3.8) is 0 Å². The fourth-order valence-corrected chi connectivity index (χ4v) is 3.70. The molecule has 180 valence electrons. The van der Waals surface area contributed by atoms with Crippen LogP contribution in [0.4, 0.5) is 15.9 Å². The molecule has 3 heterocycles. The molecular formula is C26H27FN6O2. The Balaban J connectivity index is 1.73. The zero-order valence-electron chi connectivity index (χ0n) is 19.9. The number of carbonyl (C=O) groups is 2. The molecule has 0 fully saturated rings. The molecule has 0 saturated heterocycles. The normalized spacial score (nSPS) is 11.1. The molecule has 3 aromatic heterocycles. The van der Waals surface area contributed by atoms with Crippen molar-refractivity contribution in [1.82, 2.24) is 25.3 Å². The second-order valence-electron chi connectivity index (χ2n) is 8.51. The molecule has 3 N–H and O–H groups in total. The van der Waals surface area contributed by atoms with Crippen LogP contribution in [-0.2, 0) is 4.79 Å². The molecule has 35 heavy (non-hydrogen) atoms. The van der Waals surface area contributed by atoms with E-state index in [1.54, 1.807) is 30.6 Å². The molecule has 0 aliphatic heterocycles. The van der Waals surface area contributed by atoms with Gasteiger partial charge in [0.15, 0.2) is 5.82 Å². The summed E-state index contributed by atoms with van der Waals surface area (Å²) in [6.07, 6.45) is 6.55. The summed E-state index contributed by atoms with van der Waals surface area (Å²) < 4.78 is 13.4. The Morgan fingerprint density at radius 1 is 1.11 bits per heavy atom. The SMILES string of the molecule is CCCCNC(=O)C(=O)c1c[nH]c2nccc(Nc3nc(-c4ccc(F)cc4)ncc3C(C)C)c12. The summed E-state index contributed by atoms with van der Waals surface area (Å²) in [5, 5.41) is 6.49. The number of H-pyrrole nitrogens is 1. The molecule has 0 spiro atoms. The van der Waals surface area contributed by atoms with E-state index in [0.29, 0.717) is 40.5 Å². The number of halogens is 1. The average molecular weight is 475 g/mol. The van der Waals surface area contributed by atoms with Crippen LogP contribution >= 0.6 is 0 Å². The summed E-state index contributed by atoms with van der Waals surface area (Å²) in [6, 6.07) is 7.68. The van der Waals surface area contributed by atoms with E-state index in [4.69, 9.17) is 4.98 Å². The van der Waals surface area contributed by atoms with Crippen LogP contribution in [0.25, 0.3) is 22.4 Å². The van der Waals surface area contributed by atoms with Crippen LogP contribution in [0.2, 0.25) is 0 Å². The standard InChI is InChI=1S/C26H27FN6O2/c1-4-5-11-29-26(35)22(34)19-14-31-25-21(19)20(10-12-28-25)32-24-18(15(2)3)13-30-23(33-24)16-6-8-17(27)9-7-16/h6-10,12-15H,4-5,11H2,1-3H3,(H,29,35)(H2,28,30,31,32,33). The number of carbonyl (C=O) groups excluding carboxylic acids is 2. The van der Waals surface area contributed by atoms with Gasteiger partial charge < -0.3 is 15.6 Å². The number of fused-ring (bicyclic) bond motifs is 1. The van der Waals surface area contributed by atoms with Gasteiger partial charge in [0.1, 0.15) is 17.3 Å². The monoisotopic (exact) mass is 474 g/mol. The Morgan fingerprint density at radius 2 is 1.89 bits per heavy atom. The highest BCUT2D eigenvalue weighted by atomic mass is 19.1. The minimum atomic E-state index is -0.655. The van der Waals surface area contributed by atoms with Crippen molar-refractivity contribution in [2.45, 2.75) is 39.5 Å². The first-order valence-electron chi connectivity index (χ1n) is 11.6. The third kappa shape index (κ3) is 5.18. The lowest BCUT2D eigenvalue weighted by Gasteiger charge is -2.15. The summed E-state index contributed by atoms with van der Waals surface area (Å²) in [5.41, 5.74) is 2.81. The summed E-state index contributed by atoms with van der Waals surface area (Å²) in [7, 11) is 0. The van der Waals surface area contributed by atoms with Gasteiger partial charge >= 0.3 is 0 Å². The number of nitrogens with one attached hydrogen (secondary N) is 3. The first-order valence-corrected chi connectivity index (χ1v) is 11.6. The van der Waals surface area contributed by atoms with Crippen molar-refractivity contribution in [2.24, 2.45) is 0 Å². The molecule has 0 atom stereocenters. The number of rotatable bonds is 9. The van der Waals surface area contributed by atoms with Gasteiger partial charge in [0, 0.05) is 36.3 Å². The van der Waals surface area contributed by atoms with Gasteiger partial charge in [-0.15, -0.1) is 0 Å². The van der Waals surface area contributed by atoms with Crippen LogP contribution in [0.5, 0.6) is 0 Å². The van der Waals surface area contributed by atoms with E-state index in [0.717, 1.165) is 18.4 Å². The lowest BCUT2D eigenvalue weighted by molar-refractivity contribution is -0.117. The largest absolute Gasteiger partial charge is 0.349 e. The number of hydrogen-bond acceptors (Lipinski definition) is 6. The van der Waals surface area contributed by atoms with Crippen molar-refractivity contribution in [2.75, 3.05) is 11.9 Å². The van der Waals surface area contributed by atoms with Crippen LogP contribution in [0.3, 0.4) is 0 Å². The third-order valence-corrected chi connectivity index (χ3v) is 5.63. The van der Waals surface area contributed by atoms with Gasteiger partial charge in [0.05, 0.1) is 16.6 Å². The molecule has 8 nitrogen and oxygen atoms in total. The Bertz CT molecular complexity index is 1360. The Hall–Kier alpha value is -4.14. The summed E-state index contributed by atoms with van der Waals surface area (Å²) in [6.45, 7) is 6.50. The molecule has 1 aromatic carbocycles. The smallest absolute Gasteiger partial charge is 0.292 e. The molecule has 0 radical (unpaired) electrons. The minimum Gasteiger partial charge on any atom is -0.349 e. The number of Topliss-reactive ketones (excluding diaryl/α,β-unsaturated/α-hetero) is 1. The van der Waals surface area contributed by atoms with Gasteiger partial charge in [-0.05, 0) is 42.7 Å². The molecule has 9 heteroatoms. The second-order valence-corrected chi connectivity index (χ2v) is 8.51. The molecule has 1 amide bonds. The van der Waals surface area contributed by atoms with E-state index in [2.05, 4.69) is 25.6 Å². The predicted molar refractivity (Wildman–Crippen MR) is 133 cm³/mol. The van der Waals surface area contributed by atoms with Gasteiger partial charge in [-0.3, -0.25) is 9.59 Å². The van der Waals surface area contributed by atoms with Gasteiger partial charge in [-0.1, -0.05) is 27.2 Å². The van der Waals surface area contributed by atoms with Gasteiger partial charge in [0.2, 0.25) is 0 Å². The van der Waals surface area contributed by atoms with E-state index in [9.17, 15) is 14.0 Å². The first-order chi connectivity index (χ1) is 16.9. The molecule has 0 aliphatic carbocycles. The molecular weight excluding hydrogens is 447 g/mol. The van der Waals surface area contributed by atoms with Crippen LogP contribution in [0.15, 0.2) is 48.9 Å². The fourth-order valence-electron chi connectivity index (χ4n) is 3.70. The Kier molecular flexibility index (Phi) is 7.14. The number of unbranched alkanes of at least 4 members (excludes halogenated alkanes) is 1. The maximum Gasteiger partial charge on any atom is 0.292 e. The molecule has 0 saturated carbocycles. The lowest BCUT2D eigenvalue weighted by atomic mass is 10.0. The number of ketones is 1. The van der Waals surface area contributed by atoms with Gasteiger partial charge in [-0.2, -0.15) is 0 Å². The number of benzene rings is 1. The van der Waals surface area contributed by atoms with Crippen LogP contribution < -0.4 is 10.6 Å². The zero-order valence-corrected chi connectivity index (χ0v) is 19.9. The fraction of sp³-hybridized carbons (Fsp3) is 0.269. The van der Waals surface area contributed by atoms with E-state index >= 15 is 0 Å². The van der Waals surface area contributed by atoms with Crippen molar-refractivity contribution < 1.29 is 14.0 Å². The number of aromatic nitrogens is 4. The number of amides is 1. The van der Waals surface area contributed by atoms with E-state index in [1.807, 2.05) is 20.8 Å². The van der Waals surface area contributed by atoms with Crippen LogP contribution in [0.1, 0.15) is 55.5 Å². The Morgan fingerprint density at radius 3 is 2.60 bits per heavy atom. The lowest BCUT2D eigenvalue weighted by Crippen LogP contribution is -2.31. The van der Waals surface area contributed by atoms with Gasteiger partial charge in [0.25, 0.3) is 11.7 Å². The first kappa shape index (κ1) is 24.0. The number of aromatic amines is 1. The van der Waals surface area contributed by atoms with E-state index in [-0.39, 0.29) is 17.3 Å². The van der Waals surface area contributed by atoms with E-state index in [1.165, 1.54) is 18.3 Å². The number of hydrogen-bond donors (Lipinski definition) is 3. The predicted octanol–water partition coefficient (Wildman–Crippen LogP) is 5.13. The second kappa shape index (κ2) is 10.4. The molecule has 0 unspecified atom stereocenters. The Labute approximate surface area is 202 Å². The third-order valence-electron chi connectivity index (χ3n) is 5.63. The maximum absolute atomic E-state index is 13.4. The van der Waals surface area contributed by atoms with Crippen LogP contribution in [0, 0.1) is 5.82 Å². The van der Waals surface area contributed by atoms with Crippen molar-refractivity contribution in [3.05, 3.63) is 65.9 Å². The van der Waals surface area contributed by atoms with Gasteiger partial charge in [-0.25, -0.2) is 19.3 Å². The molecule has 0 bridgehead atoms. The highest BCUT2D eigenvalue weighted by Gasteiger charge is 2.23. The quantitative estimate of drug-likeness (QED) is 0.176. The molecule has 0 aliphatic rings. The highest BCUT2D eigenvalue weighted by Crippen LogP contribution is 2.32. The number of nitrogens with zero attached hydrogens (tertiary/aromatic N) is 3. The molecule has 4 rings (SSSR count). The number of pyridine rings is 1. The van der Waals surface area contributed by atoms with E-state index < -0.39 is 11.7 Å². The average Bonchev–Trinajstić information content (AvgIpc) is 3.29. The topological polar surface area (TPSA) is 113 Å². The van der Waals surface area contributed by atoms with Crippen molar-refractivity contribution in [1.29, 1.82) is 0 Å². The van der Waals surface area contributed by atoms with Crippen molar-refractivity contribution in [3.8, 4) is 11.4 Å². The maximum atomic E-state index is 13.4. The summed E-state index contributed by atoms with van der Waals surface area (Å²) >= 11 is 0. The van der Waals surface area contributed by atoms with Crippen molar-refractivity contribution >= 4 is 34.2 Å².